The molecule has 1 aliphatic carbocycles. The Morgan fingerprint density at radius 3 is 2.91 bits per heavy atom. The molecule has 0 radical (unpaired) electrons. The molecular weight excluding hydrogens is 306 g/mol. The van der Waals surface area contributed by atoms with Crippen molar-refractivity contribution >= 4 is 10.8 Å². The van der Waals surface area contributed by atoms with E-state index in [4.69, 9.17) is 10.5 Å². The highest BCUT2D eigenvalue weighted by atomic mass is 32.2. The number of ether oxygens (including phenoxy) is 1. The molecule has 1 heterocycles. The van der Waals surface area contributed by atoms with E-state index in [-0.39, 0.29) is 0 Å². The van der Waals surface area contributed by atoms with Gasteiger partial charge >= 0.3 is 0 Å². The number of hydrogen-bond acceptors (Lipinski definition) is 3. The van der Waals surface area contributed by atoms with Crippen molar-refractivity contribution in [3.63, 3.8) is 0 Å². The van der Waals surface area contributed by atoms with Crippen LogP contribution in [0.2, 0.25) is 0 Å². The van der Waals surface area contributed by atoms with Gasteiger partial charge in [-0.25, -0.2) is 4.21 Å². The van der Waals surface area contributed by atoms with E-state index < -0.39 is 10.8 Å². The lowest BCUT2D eigenvalue weighted by Crippen LogP contribution is -2.21. The monoisotopic (exact) mass is 331 g/mol. The van der Waals surface area contributed by atoms with E-state index in [1.165, 1.54) is 0 Å². The molecule has 0 amide bonds. The normalized spacial score (nSPS) is 20.3. The average Bonchev–Trinajstić information content (AvgIpc) is 2.91. The van der Waals surface area contributed by atoms with Gasteiger partial charge in [-0.05, 0) is 43.2 Å². The minimum Gasteiger partial charge on any atom is -0.493 e. The molecule has 1 aliphatic heterocycles. The predicted octanol–water partition coefficient (Wildman–Crippen LogP) is 4.05. The Hall–Kier alpha value is -1.65. The standard InChI is InChI=1S/C17H19NO2S.C2H6/c18-12-13-9-10-20-17-11-15(7-8-16(13)17)21(19)14-5-3-1-2-4-6-14;1-2/h1-3,5-8,11,13H,4,9-10,12,18H2;1-2H3. The summed E-state index contributed by atoms with van der Waals surface area (Å²) >= 11 is 0. The van der Waals surface area contributed by atoms with Gasteiger partial charge in [-0.15, -0.1) is 0 Å². The van der Waals surface area contributed by atoms with Crippen molar-refractivity contribution in [1.29, 1.82) is 0 Å². The Balaban J connectivity index is 0.000000924. The molecule has 1 aromatic carbocycles. The second kappa shape index (κ2) is 8.85. The number of allylic oxidation sites excluding steroid dienone is 5. The molecule has 2 atom stereocenters. The number of fused-ring (bicyclic) bond motifs is 1. The van der Waals surface area contributed by atoms with Crippen molar-refractivity contribution < 1.29 is 8.95 Å². The molecule has 0 aromatic heterocycles. The van der Waals surface area contributed by atoms with Gasteiger partial charge in [0.15, 0.2) is 0 Å². The third-order valence-electron chi connectivity index (χ3n) is 3.82. The largest absolute Gasteiger partial charge is 0.493 e. The second-order valence-electron chi connectivity index (χ2n) is 5.17. The fraction of sp³-hybridized carbons (Fsp3) is 0.368. The number of benzene rings is 1. The summed E-state index contributed by atoms with van der Waals surface area (Å²) in [4.78, 5) is 1.62. The summed E-state index contributed by atoms with van der Waals surface area (Å²) in [5.74, 6) is 1.18. The molecule has 2 aliphatic rings. The summed E-state index contributed by atoms with van der Waals surface area (Å²) in [6.07, 6.45) is 11.6. The zero-order valence-corrected chi connectivity index (χ0v) is 14.6. The van der Waals surface area contributed by atoms with E-state index in [1.54, 1.807) is 0 Å². The minimum atomic E-state index is -1.17. The summed E-state index contributed by atoms with van der Waals surface area (Å²) in [6, 6.07) is 5.85. The van der Waals surface area contributed by atoms with Crippen molar-refractivity contribution in [3.8, 4) is 5.75 Å². The maximum absolute atomic E-state index is 12.7. The molecule has 0 bridgehead atoms. The van der Waals surface area contributed by atoms with Crippen molar-refractivity contribution in [2.24, 2.45) is 5.73 Å². The van der Waals surface area contributed by atoms with Crippen LogP contribution >= 0.6 is 0 Å². The summed E-state index contributed by atoms with van der Waals surface area (Å²) in [6.45, 7) is 5.30. The first-order chi connectivity index (χ1) is 11.3. The quantitative estimate of drug-likeness (QED) is 0.909. The first-order valence-corrected chi connectivity index (χ1v) is 9.36. The van der Waals surface area contributed by atoms with E-state index in [9.17, 15) is 4.21 Å². The highest BCUT2D eigenvalue weighted by Crippen LogP contribution is 2.35. The third-order valence-corrected chi connectivity index (χ3v) is 5.24. The zero-order chi connectivity index (χ0) is 16.7. The summed E-state index contributed by atoms with van der Waals surface area (Å²) < 4.78 is 18.4. The molecule has 3 rings (SSSR count). The van der Waals surface area contributed by atoms with E-state index in [0.717, 1.165) is 34.0 Å². The number of rotatable bonds is 3. The molecule has 0 saturated carbocycles. The van der Waals surface area contributed by atoms with Gasteiger partial charge in [0.25, 0.3) is 0 Å². The first kappa shape index (κ1) is 17.7. The van der Waals surface area contributed by atoms with Crippen LogP contribution in [-0.2, 0) is 10.8 Å². The molecule has 23 heavy (non-hydrogen) atoms. The second-order valence-corrected chi connectivity index (χ2v) is 6.65. The smallest absolute Gasteiger partial charge is 0.124 e. The highest BCUT2D eigenvalue weighted by Gasteiger charge is 2.21. The van der Waals surface area contributed by atoms with Crippen molar-refractivity contribution in [3.05, 3.63) is 59.0 Å². The lowest BCUT2D eigenvalue weighted by molar-refractivity contribution is 0.268. The highest BCUT2D eigenvalue weighted by molar-refractivity contribution is 7.89. The predicted molar refractivity (Wildman–Crippen MR) is 97.1 cm³/mol. The van der Waals surface area contributed by atoms with Crippen LogP contribution in [-0.4, -0.2) is 17.4 Å². The van der Waals surface area contributed by atoms with E-state index >= 15 is 0 Å². The summed E-state index contributed by atoms with van der Waals surface area (Å²) in [5.41, 5.74) is 6.95. The number of hydrogen-bond donors (Lipinski definition) is 1. The molecular formula is C19H25NO2S. The lowest BCUT2D eigenvalue weighted by Gasteiger charge is -2.25. The van der Waals surface area contributed by atoms with Crippen LogP contribution in [0.25, 0.3) is 0 Å². The Labute approximate surface area is 141 Å². The van der Waals surface area contributed by atoms with Gasteiger partial charge in [-0.1, -0.05) is 44.2 Å². The zero-order valence-electron chi connectivity index (χ0n) is 13.8. The molecule has 2 N–H and O–H groups in total. The van der Waals surface area contributed by atoms with Crippen LogP contribution in [0.3, 0.4) is 0 Å². The Kier molecular flexibility index (Phi) is 6.81. The maximum Gasteiger partial charge on any atom is 0.124 e. The van der Waals surface area contributed by atoms with Crippen LogP contribution in [0.5, 0.6) is 5.75 Å². The van der Waals surface area contributed by atoms with Crippen LogP contribution < -0.4 is 10.5 Å². The van der Waals surface area contributed by atoms with Gasteiger partial charge in [-0.2, -0.15) is 0 Å². The Morgan fingerprint density at radius 1 is 1.30 bits per heavy atom. The summed E-state index contributed by atoms with van der Waals surface area (Å²) in [7, 11) is -1.17. The number of nitrogens with two attached hydrogens (primary N) is 1. The van der Waals surface area contributed by atoms with Gasteiger partial charge < -0.3 is 10.5 Å². The van der Waals surface area contributed by atoms with Crippen molar-refractivity contribution in [2.75, 3.05) is 13.2 Å². The SMILES string of the molecule is CC.NCC1CCOc2cc(S(=O)C3=CCC=CC=C3)ccc21. The molecule has 4 heteroatoms. The topological polar surface area (TPSA) is 52.3 Å². The average molecular weight is 331 g/mol. The molecule has 3 nitrogen and oxygen atoms in total. The van der Waals surface area contributed by atoms with Gasteiger partial charge in [0.1, 0.15) is 5.75 Å². The van der Waals surface area contributed by atoms with Crippen LogP contribution in [0, 0.1) is 0 Å². The fourth-order valence-electron chi connectivity index (χ4n) is 2.64. The molecule has 1 aromatic rings. The molecule has 124 valence electrons. The van der Waals surface area contributed by atoms with Gasteiger partial charge in [0.05, 0.1) is 17.4 Å². The van der Waals surface area contributed by atoms with Crippen molar-refractivity contribution in [1.82, 2.24) is 0 Å². The van der Waals surface area contributed by atoms with Gasteiger partial charge in [0.2, 0.25) is 0 Å². The lowest BCUT2D eigenvalue weighted by atomic mass is 9.93. The first-order valence-electron chi connectivity index (χ1n) is 8.21. The molecule has 0 spiro atoms. The van der Waals surface area contributed by atoms with Gasteiger partial charge in [0, 0.05) is 15.7 Å². The van der Waals surface area contributed by atoms with Crippen LogP contribution in [0.15, 0.2) is 58.4 Å². The Morgan fingerprint density at radius 2 is 2.13 bits per heavy atom. The van der Waals surface area contributed by atoms with E-state index in [0.29, 0.717) is 19.1 Å². The molecule has 2 unspecified atom stereocenters. The molecule has 0 saturated heterocycles. The fourth-order valence-corrected chi connectivity index (χ4v) is 3.76. The third kappa shape index (κ3) is 4.21. The maximum atomic E-state index is 12.7. The molecule has 0 fully saturated rings. The van der Waals surface area contributed by atoms with E-state index in [1.807, 2.05) is 62.4 Å². The minimum absolute atomic E-state index is 0.345. The van der Waals surface area contributed by atoms with E-state index in [2.05, 4.69) is 0 Å². The van der Waals surface area contributed by atoms with Gasteiger partial charge in [-0.3, -0.25) is 0 Å². The van der Waals surface area contributed by atoms with Crippen LogP contribution in [0.1, 0.15) is 38.2 Å². The van der Waals surface area contributed by atoms with Crippen molar-refractivity contribution in [2.45, 2.75) is 37.5 Å². The Bertz CT molecular complexity index is 647. The van der Waals surface area contributed by atoms with Crippen LogP contribution in [0.4, 0.5) is 0 Å². The summed E-state index contributed by atoms with van der Waals surface area (Å²) in [5, 5.41) is 0.